The van der Waals surface area contributed by atoms with Crippen LogP contribution in [0, 0.1) is 6.92 Å². The van der Waals surface area contributed by atoms with Gasteiger partial charge >= 0.3 is 0 Å². The molecule has 0 aliphatic heterocycles. The third-order valence-electron chi connectivity index (χ3n) is 3.64. The SMILES string of the molecule is CC(=O)N(CC(=O)N(C)c1ccccc1)c1ccc(Br)cc1C. The molecule has 23 heavy (non-hydrogen) atoms. The van der Waals surface area contributed by atoms with Crippen LogP contribution in [0.15, 0.2) is 53.0 Å². The van der Waals surface area contributed by atoms with Gasteiger partial charge < -0.3 is 9.80 Å². The molecule has 0 N–H and O–H groups in total. The quantitative estimate of drug-likeness (QED) is 0.816. The molecule has 0 aromatic heterocycles. The zero-order valence-corrected chi connectivity index (χ0v) is 15.0. The van der Waals surface area contributed by atoms with Gasteiger partial charge in [0.15, 0.2) is 0 Å². The van der Waals surface area contributed by atoms with Gasteiger partial charge in [-0.25, -0.2) is 0 Å². The molecule has 2 aromatic carbocycles. The average Bonchev–Trinajstić information content (AvgIpc) is 2.53. The fourth-order valence-electron chi connectivity index (χ4n) is 2.32. The van der Waals surface area contributed by atoms with Crippen LogP contribution < -0.4 is 9.80 Å². The summed E-state index contributed by atoms with van der Waals surface area (Å²) in [6.07, 6.45) is 0. The molecule has 2 rings (SSSR count). The van der Waals surface area contributed by atoms with E-state index in [1.54, 1.807) is 11.9 Å². The molecule has 0 saturated heterocycles. The third kappa shape index (κ3) is 4.20. The van der Waals surface area contributed by atoms with Crippen LogP contribution in [0.5, 0.6) is 0 Å². The molecule has 2 aromatic rings. The summed E-state index contributed by atoms with van der Waals surface area (Å²) >= 11 is 3.41. The zero-order chi connectivity index (χ0) is 17.0. The lowest BCUT2D eigenvalue weighted by Crippen LogP contribution is -2.41. The van der Waals surface area contributed by atoms with Crippen molar-refractivity contribution in [2.45, 2.75) is 13.8 Å². The first-order chi connectivity index (χ1) is 10.9. The number of para-hydroxylation sites is 1. The van der Waals surface area contributed by atoms with E-state index < -0.39 is 0 Å². The van der Waals surface area contributed by atoms with Gasteiger partial charge in [-0.3, -0.25) is 9.59 Å². The molecule has 5 heteroatoms. The van der Waals surface area contributed by atoms with E-state index in [-0.39, 0.29) is 18.4 Å². The topological polar surface area (TPSA) is 40.6 Å². The van der Waals surface area contributed by atoms with Crippen molar-refractivity contribution in [3.63, 3.8) is 0 Å². The minimum atomic E-state index is -0.162. The highest BCUT2D eigenvalue weighted by Crippen LogP contribution is 2.24. The summed E-state index contributed by atoms with van der Waals surface area (Å²) in [5.41, 5.74) is 2.48. The molecule has 0 radical (unpaired) electrons. The van der Waals surface area contributed by atoms with E-state index in [1.165, 1.54) is 11.8 Å². The van der Waals surface area contributed by atoms with Crippen molar-refractivity contribution in [1.82, 2.24) is 0 Å². The van der Waals surface area contributed by atoms with Crippen molar-refractivity contribution < 1.29 is 9.59 Å². The smallest absolute Gasteiger partial charge is 0.246 e. The van der Waals surface area contributed by atoms with Crippen LogP contribution in [-0.4, -0.2) is 25.4 Å². The molecular weight excluding hydrogens is 356 g/mol. The second-order valence-electron chi connectivity index (χ2n) is 5.32. The van der Waals surface area contributed by atoms with Crippen LogP contribution in [0.2, 0.25) is 0 Å². The van der Waals surface area contributed by atoms with Gasteiger partial charge in [0.2, 0.25) is 11.8 Å². The Bertz CT molecular complexity index is 716. The normalized spacial score (nSPS) is 10.3. The van der Waals surface area contributed by atoms with E-state index in [9.17, 15) is 9.59 Å². The highest BCUT2D eigenvalue weighted by atomic mass is 79.9. The summed E-state index contributed by atoms with van der Waals surface area (Å²) in [4.78, 5) is 27.6. The first kappa shape index (κ1) is 17.2. The molecule has 0 bridgehead atoms. The Balaban J connectivity index is 2.23. The predicted octanol–water partition coefficient (Wildman–Crippen LogP) is 3.77. The Morgan fingerprint density at radius 2 is 1.74 bits per heavy atom. The number of carbonyl (C=O) groups excluding carboxylic acids is 2. The molecular formula is C18H19BrN2O2. The lowest BCUT2D eigenvalue weighted by atomic mass is 10.1. The van der Waals surface area contributed by atoms with Crippen molar-refractivity contribution >= 4 is 39.1 Å². The largest absolute Gasteiger partial charge is 0.314 e. The van der Waals surface area contributed by atoms with Crippen LogP contribution in [0.4, 0.5) is 11.4 Å². The number of nitrogens with zero attached hydrogens (tertiary/aromatic N) is 2. The Morgan fingerprint density at radius 3 is 2.30 bits per heavy atom. The van der Waals surface area contributed by atoms with E-state index in [2.05, 4.69) is 15.9 Å². The van der Waals surface area contributed by atoms with Gasteiger partial charge in [0, 0.05) is 29.8 Å². The summed E-state index contributed by atoms with van der Waals surface area (Å²) in [6.45, 7) is 3.39. The van der Waals surface area contributed by atoms with E-state index in [0.717, 1.165) is 21.4 Å². The molecule has 2 amide bonds. The number of carbonyl (C=O) groups is 2. The summed E-state index contributed by atoms with van der Waals surface area (Å²) in [6, 6.07) is 15.0. The van der Waals surface area contributed by atoms with Gasteiger partial charge in [-0.1, -0.05) is 34.1 Å². The highest BCUT2D eigenvalue weighted by molar-refractivity contribution is 9.10. The Morgan fingerprint density at radius 1 is 1.09 bits per heavy atom. The fraction of sp³-hybridized carbons (Fsp3) is 0.222. The van der Waals surface area contributed by atoms with E-state index in [0.29, 0.717) is 0 Å². The molecule has 0 aliphatic rings. The lowest BCUT2D eigenvalue weighted by molar-refractivity contribution is -0.121. The van der Waals surface area contributed by atoms with E-state index in [1.807, 2.05) is 55.5 Å². The molecule has 0 atom stereocenters. The average molecular weight is 375 g/mol. The third-order valence-corrected chi connectivity index (χ3v) is 4.13. The van der Waals surface area contributed by atoms with Crippen molar-refractivity contribution in [3.8, 4) is 0 Å². The summed E-state index contributed by atoms with van der Waals surface area (Å²) in [5, 5.41) is 0. The van der Waals surface area contributed by atoms with Gasteiger partial charge in [0.1, 0.15) is 6.54 Å². The minimum absolute atomic E-state index is 0.00317. The number of amides is 2. The van der Waals surface area contributed by atoms with Gasteiger partial charge in [-0.05, 0) is 42.8 Å². The summed E-state index contributed by atoms with van der Waals surface area (Å²) in [7, 11) is 1.71. The number of rotatable bonds is 4. The molecule has 120 valence electrons. The molecule has 0 fully saturated rings. The van der Waals surface area contributed by atoms with Gasteiger partial charge in [0.25, 0.3) is 0 Å². The van der Waals surface area contributed by atoms with Crippen molar-refractivity contribution in [2.24, 2.45) is 0 Å². The van der Waals surface area contributed by atoms with Crippen LogP contribution in [0.1, 0.15) is 12.5 Å². The Labute approximate surface area is 144 Å². The highest BCUT2D eigenvalue weighted by Gasteiger charge is 2.20. The monoisotopic (exact) mass is 374 g/mol. The first-order valence-corrected chi connectivity index (χ1v) is 8.05. The fourth-order valence-corrected chi connectivity index (χ4v) is 2.80. The maximum atomic E-state index is 12.5. The second kappa shape index (κ2) is 7.42. The Hall–Kier alpha value is -2.14. The molecule has 4 nitrogen and oxygen atoms in total. The number of hydrogen-bond donors (Lipinski definition) is 0. The molecule has 0 unspecified atom stereocenters. The van der Waals surface area contributed by atoms with Crippen LogP contribution in [0.25, 0.3) is 0 Å². The maximum absolute atomic E-state index is 12.5. The predicted molar refractivity (Wildman–Crippen MR) is 96.8 cm³/mol. The van der Waals surface area contributed by atoms with Crippen LogP contribution in [0.3, 0.4) is 0 Å². The van der Waals surface area contributed by atoms with Gasteiger partial charge in [0.05, 0.1) is 0 Å². The standard InChI is InChI=1S/C18H19BrN2O2/c1-13-11-15(19)9-10-17(13)21(14(2)22)12-18(23)20(3)16-7-5-4-6-8-16/h4-11H,12H2,1-3H3. The van der Waals surface area contributed by atoms with Crippen LogP contribution >= 0.6 is 15.9 Å². The second-order valence-corrected chi connectivity index (χ2v) is 6.24. The van der Waals surface area contributed by atoms with E-state index >= 15 is 0 Å². The summed E-state index contributed by atoms with van der Waals surface area (Å²) < 4.78 is 0.940. The number of halogens is 1. The maximum Gasteiger partial charge on any atom is 0.246 e. The van der Waals surface area contributed by atoms with Crippen molar-refractivity contribution in [1.29, 1.82) is 0 Å². The lowest BCUT2D eigenvalue weighted by Gasteiger charge is -2.26. The number of hydrogen-bond acceptors (Lipinski definition) is 2. The van der Waals surface area contributed by atoms with Crippen LogP contribution in [-0.2, 0) is 9.59 Å². The molecule has 0 spiro atoms. The minimum Gasteiger partial charge on any atom is -0.314 e. The molecule has 0 heterocycles. The number of aryl methyl sites for hydroxylation is 1. The Kier molecular flexibility index (Phi) is 5.55. The van der Waals surface area contributed by atoms with E-state index in [4.69, 9.17) is 0 Å². The number of benzene rings is 2. The van der Waals surface area contributed by atoms with Gasteiger partial charge in [-0.15, -0.1) is 0 Å². The number of anilines is 2. The van der Waals surface area contributed by atoms with Gasteiger partial charge in [-0.2, -0.15) is 0 Å². The number of likely N-dealkylation sites (N-methyl/N-ethyl adjacent to an activating group) is 1. The summed E-state index contributed by atoms with van der Waals surface area (Å²) in [5.74, 6) is -0.307. The zero-order valence-electron chi connectivity index (χ0n) is 13.4. The van der Waals surface area contributed by atoms with Crippen molar-refractivity contribution in [2.75, 3.05) is 23.4 Å². The first-order valence-electron chi connectivity index (χ1n) is 7.26. The molecule has 0 aliphatic carbocycles. The molecule has 0 saturated carbocycles. The van der Waals surface area contributed by atoms with Crippen molar-refractivity contribution in [3.05, 3.63) is 58.6 Å².